The molecule has 1 heterocycles. The predicted octanol–water partition coefficient (Wildman–Crippen LogP) is 2.90. The van der Waals surface area contributed by atoms with Gasteiger partial charge in [-0.05, 0) is 43.8 Å². The number of ether oxygens (including phenoxy) is 1. The number of rotatable bonds is 6. The minimum Gasteiger partial charge on any atom is -0.489 e. The van der Waals surface area contributed by atoms with Crippen molar-refractivity contribution in [3.05, 3.63) is 54.1 Å². The molecule has 5 nitrogen and oxygen atoms in total. The van der Waals surface area contributed by atoms with Gasteiger partial charge >= 0.3 is 0 Å². The molecule has 0 amide bonds. The van der Waals surface area contributed by atoms with Crippen molar-refractivity contribution in [3.63, 3.8) is 0 Å². The second-order valence-corrected chi connectivity index (χ2v) is 5.90. The first kappa shape index (κ1) is 15.6. The van der Waals surface area contributed by atoms with Gasteiger partial charge in [0.05, 0.1) is 5.69 Å². The van der Waals surface area contributed by atoms with E-state index < -0.39 is 0 Å². The molecule has 3 N–H and O–H groups in total. The molecule has 1 fully saturated rings. The Morgan fingerprint density at radius 3 is 2.65 bits per heavy atom. The van der Waals surface area contributed by atoms with Crippen LogP contribution in [0.3, 0.4) is 0 Å². The summed E-state index contributed by atoms with van der Waals surface area (Å²) in [6.45, 7) is 2.50. The average molecular weight is 313 g/mol. The monoisotopic (exact) mass is 313 g/mol. The number of nitrogens with zero attached hydrogens (tertiary/aromatic N) is 1. The quantitative estimate of drug-likeness (QED) is 0.634. The van der Waals surface area contributed by atoms with Crippen LogP contribution in [0.15, 0.2) is 48.5 Å². The summed E-state index contributed by atoms with van der Waals surface area (Å²) < 4.78 is 5.96. The Morgan fingerprint density at radius 2 is 1.96 bits per heavy atom. The molecular weight excluding hydrogens is 290 g/mol. The lowest BCUT2D eigenvalue weighted by Crippen LogP contribution is -2.21. The lowest BCUT2D eigenvalue weighted by atomic mass is 10.2. The number of nitrogen functional groups attached to an aromatic ring is 1. The van der Waals surface area contributed by atoms with Gasteiger partial charge in [-0.15, -0.1) is 0 Å². The number of benzene rings is 2. The number of likely N-dealkylation sites (N-methyl/N-ethyl adjacent to an activating group) is 1. The van der Waals surface area contributed by atoms with Gasteiger partial charge in [0.15, 0.2) is 0 Å². The number of para-hydroxylation sites is 1. The molecular formula is C18H23N3O2. The Hall–Kier alpha value is -2.24. The van der Waals surface area contributed by atoms with Gasteiger partial charge in [0.1, 0.15) is 18.5 Å². The summed E-state index contributed by atoms with van der Waals surface area (Å²) in [6.07, 6.45) is 1.37. The van der Waals surface area contributed by atoms with E-state index in [4.69, 9.17) is 15.3 Å². The lowest BCUT2D eigenvalue weighted by Gasteiger charge is -2.14. The van der Waals surface area contributed by atoms with Crippen LogP contribution in [-0.4, -0.2) is 31.1 Å². The molecule has 1 atom stereocenters. The van der Waals surface area contributed by atoms with E-state index in [-0.39, 0.29) is 6.10 Å². The van der Waals surface area contributed by atoms with Gasteiger partial charge in [0, 0.05) is 24.3 Å². The van der Waals surface area contributed by atoms with Crippen LogP contribution in [-0.2, 0) is 11.4 Å². The van der Waals surface area contributed by atoms with Crippen LogP contribution in [0.2, 0.25) is 0 Å². The van der Waals surface area contributed by atoms with Crippen molar-refractivity contribution in [1.82, 2.24) is 4.90 Å². The molecule has 1 unspecified atom stereocenters. The number of hydrogen-bond acceptors (Lipinski definition) is 5. The van der Waals surface area contributed by atoms with Crippen molar-refractivity contribution >= 4 is 11.4 Å². The Balaban J connectivity index is 1.47. The van der Waals surface area contributed by atoms with Crippen LogP contribution in [0, 0.1) is 0 Å². The molecule has 0 aromatic heterocycles. The number of likely N-dealkylation sites (tertiary alicyclic amines) is 1. The summed E-state index contributed by atoms with van der Waals surface area (Å²) >= 11 is 0. The van der Waals surface area contributed by atoms with Crippen LogP contribution < -0.4 is 16.0 Å². The fraction of sp³-hybridized carbons (Fsp3) is 0.333. The van der Waals surface area contributed by atoms with Crippen molar-refractivity contribution in [1.29, 1.82) is 0 Å². The SMILES string of the molecule is CN1CCC(Oc2ccc(NOCc3ccccc3N)cc2)C1. The summed E-state index contributed by atoms with van der Waals surface area (Å²) in [5.74, 6) is 0.892. The fourth-order valence-electron chi connectivity index (χ4n) is 2.65. The molecule has 122 valence electrons. The van der Waals surface area contributed by atoms with E-state index in [1.54, 1.807) is 0 Å². The standard InChI is InChI=1S/C18H23N3O2/c1-21-11-10-17(12-21)23-16-8-6-15(7-9-16)20-22-13-14-4-2-3-5-18(14)19/h2-9,17,20H,10-13,19H2,1H3. The summed E-state index contributed by atoms with van der Waals surface area (Å²) in [4.78, 5) is 7.78. The second-order valence-electron chi connectivity index (χ2n) is 5.90. The molecule has 0 bridgehead atoms. The zero-order valence-electron chi connectivity index (χ0n) is 13.4. The molecule has 0 spiro atoms. The van der Waals surface area contributed by atoms with E-state index in [0.29, 0.717) is 6.61 Å². The molecule has 1 saturated heterocycles. The fourth-order valence-corrected chi connectivity index (χ4v) is 2.65. The van der Waals surface area contributed by atoms with Gasteiger partial charge in [-0.1, -0.05) is 18.2 Å². The highest BCUT2D eigenvalue weighted by molar-refractivity contribution is 5.47. The van der Waals surface area contributed by atoms with Crippen LogP contribution in [0.4, 0.5) is 11.4 Å². The molecule has 0 aliphatic carbocycles. The molecule has 3 rings (SSSR count). The highest BCUT2D eigenvalue weighted by Crippen LogP contribution is 2.20. The maximum Gasteiger partial charge on any atom is 0.119 e. The highest BCUT2D eigenvalue weighted by Gasteiger charge is 2.20. The Morgan fingerprint density at radius 1 is 1.17 bits per heavy atom. The van der Waals surface area contributed by atoms with Crippen LogP contribution in [0.5, 0.6) is 5.75 Å². The van der Waals surface area contributed by atoms with Gasteiger partial charge in [0.25, 0.3) is 0 Å². The smallest absolute Gasteiger partial charge is 0.119 e. The maximum absolute atomic E-state index is 5.96. The lowest BCUT2D eigenvalue weighted by molar-refractivity contribution is 0.180. The normalized spacial score (nSPS) is 18.0. The highest BCUT2D eigenvalue weighted by atomic mass is 16.6. The zero-order valence-corrected chi connectivity index (χ0v) is 13.4. The molecule has 1 aliphatic heterocycles. The topological polar surface area (TPSA) is 59.8 Å². The van der Waals surface area contributed by atoms with Crippen molar-refractivity contribution in [2.45, 2.75) is 19.1 Å². The Kier molecular flexibility index (Phi) is 5.00. The molecule has 2 aromatic carbocycles. The summed E-state index contributed by atoms with van der Waals surface area (Å²) in [5.41, 5.74) is 11.4. The molecule has 2 aromatic rings. The minimum atomic E-state index is 0.288. The first-order chi connectivity index (χ1) is 11.2. The van der Waals surface area contributed by atoms with E-state index in [1.807, 2.05) is 48.5 Å². The largest absolute Gasteiger partial charge is 0.489 e. The summed E-state index contributed by atoms with van der Waals surface area (Å²) in [7, 11) is 2.12. The van der Waals surface area contributed by atoms with Gasteiger partial charge in [-0.3, -0.25) is 10.3 Å². The second kappa shape index (κ2) is 7.35. The van der Waals surface area contributed by atoms with E-state index in [0.717, 1.165) is 42.2 Å². The van der Waals surface area contributed by atoms with Gasteiger partial charge in [-0.2, -0.15) is 0 Å². The van der Waals surface area contributed by atoms with Gasteiger partial charge in [-0.25, -0.2) is 0 Å². The van der Waals surface area contributed by atoms with Gasteiger partial charge < -0.3 is 15.4 Å². The van der Waals surface area contributed by atoms with Crippen molar-refractivity contribution in [2.75, 3.05) is 31.4 Å². The van der Waals surface area contributed by atoms with Gasteiger partial charge in [0.2, 0.25) is 0 Å². The Bertz CT molecular complexity index is 630. The molecule has 5 heteroatoms. The zero-order chi connectivity index (χ0) is 16.1. The molecule has 1 aliphatic rings. The molecule has 0 radical (unpaired) electrons. The number of anilines is 2. The van der Waals surface area contributed by atoms with E-state index in [1.165, 1.54) is 0 Å². The third-order valence-corrected chi connectivity index (χ3v) is 3.98. The first-order valence-corrected chi connectivity index (χ1v) is 7.87. The van der Waals surface area contributed by atoms with Crippen molar-refractivity contribution < 1.29 is 9.57 Å². The maximum atomic E-state index is 5.96. The van der Waals surface area contributed by atoms with E-state index >= 15 is 0 Å². The first-order valence-electron chi connectivity index (χ1n) is 7.87. The summed E-state index contributed by atoms with van der Waals surface area (Å²) in [5, 5.41) is 0. The average Bonchev–Trinajstić information content (AvgIpc) is 2.96. The third kappa shape index (κ3) is 4.37. The molecule has 23 heavy (non-hydrogen) atoms. The van der Waals surface area contributed by atoms with Crippen molar-refractivity contribution in [3.8, 4) is 5.75 Å². The number of nitrogens with one attached hydrogen (secondary N) is 1. The number of nitrogens with two attached hydrogens (primary N) is 1. The van der Waals surface area contributed by atoms with E-state index in [9.17, 15) is 0 Å². The van der Waals surface area contributed by atoms with E-state index in [2.05, 4.69) is 17.4 Å². The van der Waals surface area contributed by atoms with Crippen LogP contribution >= 0.6 is 0 Å². The Labute approximate surface area is 137 Å². The van der Waals surface area contributed by atoms with Crippen molar-refractivity contribution in [2.24, 2.45) is 0 Å². The third-order valence-electron chi connectivity index (χ3n) is 3.98. The summed E-state index contributed by atoms with van der Waals surface area (Å²) in [6, 6.07) is 15.5. The number of hydrogen-bond donors (Lipinski definition) is 2. The van der Waals surface area contributed by atoms with Crippen LogP contribution in [0.1, 0.15) is 12.0 Å². The predicted molar refractivity (Wildman–Crippen MR) is 92.2 cm³/mol. The molecule has 0 saturated carbocycles. The van der Waals surface area contributed by atoms with Crippen LogP contribution in [0.25, 0.3) is 0 Å². The minimum absolute atomic E-state index is 0.288.